The Morgan fingerprint density at radius 2 is 1.91 bits per heavy atom. The van der Waals surface area contributed by atoms with Gasteiger partial charge in [-0.05, 0) is 6.42 Å². The minimum absolute atomic E-state index is 0.0678. The molecule has 3 heteroatoms. The largest absolute Gasteiger partial charge is 0.507 e. The third-order valence-corrected chi connectivity index (χ3v) is 3.61. The fourth-order valence-corrected chi connectivity index (χ4v) is 1.92. The van der Waals surface area contributed by atoms with Gasteiger partial charge in [0.05, 0.1) is 4.86 Å². The molecular formula is C8H16OSSi. The topological polar surface area (TPSA) is 20.2 Å². The number of rotatable bonds is 4. The highest BCUT2D eigenvalue weighted by Gasteiger charge is 2.13. The van der Waals surface area contributed by atoms with Crippen LogP contribution in [0.15, 0.2) is 12.3 Å². The van der Waals surface area contributed by atoms with E-state index in [-0.39, 0.29) is 5.76 Å². The summed E-state index contributed by atoms with van der Waals surface area (Å²) in [5, 5.41) is 8.90. The van der Waals surface area contributed by atoms with E-state index in [2.05, 4.69) is 26.2 Å². The summed E-state index contributed by atoms with van der Waals surface area (Å²) in [6.45, 7) is 10.2. The van der Waals surface area contributed by atoms with Crippen LogP contribution in [-0.4, -0.2) is 18.0 Å². The van der Waals surface area contributed by atoms with Gasteiger partial charge in [-0.1, -0.05) is 44.5 Å². The molecule has 0 bridgehead atoms. The van der Waals surface area contributed by atoms with Crippen LogP contribution >= 0.6 is 12.2 Å². The molecule has 11 heavy (non-hydrogen) atoms. The summed E-state index contributed by atoms with van der Waals surface area (Å²) in [5.74, 6) is 0.0678. The molecule has 0 aliphatic carbocycles. The molecule has 0 aromatic carbocycles. The highest BCUT2D eigenvalue weighted by molar-refractivity contribution is 7.80. The molecule has 0 aliphatic rings. The van der Waals surface area contributed by atoms with Gasteiger partial charge in [0.2, 0.25) is 0 Å². The minimum atomic E-state index is -1.01. The third-order valence-electron chi connectivity index (χ3n) is 1.42. The molecule has 0 aromatic heterocycles. The Morgan fingerprint density at radius 3 is 2.18 bits per heavy atom. The zero-order chi connectivity index (χ0) is 9.07. The monoisotopic (exact) mass is 188 g/mol. The smallest absolute Gasteiger partial charge is 0.122 e. The Labute approximate surface area is 75.1 Å². The van der Waals surface area contributed by atoms with Crippen molar-refractivity contribution in [3.63, 3.8) is 0 Å². The molecule has 0 saturated heterocycles. The number of hydrogen-bond acceptors (Lipinski definition) is 2. The summed E-state index contributed by atoms with van der Waals surface area (Å²) in [4.78, 5) is 0.618. The molecule has 0 unspecified atom stereocenters. The number of hydrogen-bond donors (Lipinski definition) is 1. The molecule has 0 atom stereocenters. The Morgan fingerprint density at radius 1 is 1.45 bits per heavy atom. The van der Waals surface area contributed by atoms with Gasteiger partial charge in [0.1, 0.15) is 5.76 Å². The minimum Gasteiger partial charge on any atom is -0.507 e. The van der Waals surface area contributed by atoms with Crippen molar-refractivity contribution in [2.75, 3.05) is 0 Å². The predicted molar refractivity (Wildman–Crippen MR) is 57.1 cm³/mol. The molecular weight excluding hydrogens is 172 g/mol. The van der Waals surface area contributed by atoms with Crippen LogP contribution in [0.5, 0.6) is 0 Å². The van der Waals surface area contributed by atoms with Crippen molar-refractivity contribution in [3.8, 4) is 0 Å². The second kappa shape index (κ2) is 4.02. The Kier molecular flexibility index (Phi) is 3.96. The van der Waals surface area contributed by atoms with Gasteiger partial charge in [-0.25, -0.2) is 0 Å². The molecule has 1 N–H and O–H groups in total. The van der Waals surface area contributed by atoms with Gasteiger partial charge in [-0.2, -0.15) is 0 Å². The van der Waals surface area contributed by atoms with Gasteiger partial charge in [-0.15, -0.1) is 0 Å². The summed E-state index contributed by atoms with van der Waals surface area (Å²) >= 11 is 4.92. The highest BCUT2D eigenvalue weighted by Crippen LogP contribution is 2.13. The van der Waals surface area contributed by atoms with Crippen LogP contribution in [0.3, 0.4) is 0 Å². The Balaban J connectivity index is 3.73. The standard InChI is InChI=1S/C8H16OSSi/c1-7(9)8(10)5-6-11(2,3)4/h9H,1,5-6H2,2-4H3. The molecule has 0 aromatic rings. The molecule has 0 fully saturated rings. The lowest BCUT2D eigenvalue weighted by molar-refractivity contribution is 0.446. The maximum atomic E-state index is 8.90. The molecule has 0 spiro atoms. The SMILES string of the molecule is C=C(O)C(=S)CC[Si](C)(C)C. The summed E-state index contributed by atoms with van der Waals surface area (Å²) in [6, 6.07) is 1.13. The predicted octanol–water partition coefficient (Wildman–Crippen LogP) is 3.16. The fourth-order valence-electron chi connectivity index (χ4n) is 0.633. The van der Waals surface area contributed by atoms with E-state index >= 15 is 0 Å². The van der Waals surface area contributed by atoms with Gasteiger partial charge >= 0.3 is 0 Å². The van der Waals surface area contributed by atoms with Crippen LogP contribution in [-0.2, 0) is 0 Å². The quantitative estimate of drug-likeness (QED) is 0.316. The van der Waals surface area contributed by atoms with Crippen molar-refractivity contribution in [1.82, 2.24) is 0 Å². The fraction of sp³-hybridized carbons (Fsp3) is 0.625. The maximum absolute atomic E-state index is 8.90. The van der Waals surface area contributed by atoms with E-state index in [1.807, 2.05) is 0 Å². The summed E-state index contributed by atoms with van der Waals surface area (Å²) in [6.07, 6.45) is 0.820. The normalized spacial score (nSPS) is 11.2. The van der Waals surface area contributed by atoms with Gasteiger partial charge in [0.15, 0.2) is 0 Å². The zero-order valence-electron chi connectivity index (χ0n) is 7.48. The molecule has 0 radical (unpaired) electrons. The summed E-state index contributed by atoms with van der Waals surface area (Å²) < 4.78 is 0. The first-order valence-electron chi connectivity index (χ1n) is 3.74. The van der Waals surface area contributed by atoms with E-state index < -0.39 is 8.07 Å². The number of allylic oxidation sites excluding steroid dienone is 1. The van der Waals surface area contributed by atoms with E-state index in [1.54, 1.807) is 0 Å². The summed E-state index contributed by atoms with van der Waals surface area (Å²) in [7, 11) is -1.01. The molecule has 0 heterocycles. The van der Waals surface area contributed by atoms with Gasteiger partial charge in [0, 0.05) is 8.07 Å². The van der Waals surface area contributed by atoms with E-state index in [4.69, 9.17) is 17.3 Å². The lowest BCUT2D eigenvalue weighted by Gasteiger charge is -2.14. The lowest BCUT2D eigenvalue weighted by atomic mass is 10.3. The van der Waals surface area contributed by atoms with Crippen LogP contribution in [0.2, 0.25) is 25.7 Å². The number of thiocarbonyl (C=S) groups is 1. The van der Waals surface area contributed by atoms with E-state index in [0.29, 0.717) is 4.86 Å². The highest BCUT2D eigenvalue weighted by atomic mass is 32.1. The van der Waals surface area contributed by atoms with Crippen molar-refractivity contribution < 1.29 is 5.11 Å². The van der Waals surface area contributed by atoms with Crippen LogP contribution in [0, 0.1) is 0 Å². The second-order valence-electron chi connectivity index (χ2n) is 3.93. The average Bonchev–Trinajstić information content (AvgIpc) is 1.80. The van der Waals surface area contributed by atoms with Crippen molar-refractivity contribution >= 4 is 25.2 Å². The number of aliphatic hydroxyl groups is 1. The van der Waals surface area contributed by atoms with Gasteiger partial charge in [-0.3, -0.25) is 0 Å². The maximum Gasteiger partial charge on any atom is 0.122 e. The van der Waals surface area contributed by atoms with Crippen LogP contribution in [0.25, 0.3) is 0 Å². The molecule has 1 nitrogen and oxygen atoms in total. The van der Waals surface area contributed by atoms with Crippen molar-refractivity contribution in [2.24, 2.45) is 0 Å². The van der Waals surface area contributed by atoms with E-state index in [0.717, 1.165) is 12.5 Å². The van der Waals surface area contributed by atoms with Gasteiger partial charge < -0.3 is 5.11 Å². The molecule has 0 amide bonds. The number of aliphatic hydroxyl groups excluding tert-OH is 1. The van der Waals surface area contributed by atoms with Crippen molar-refractivity contribution in [1.29, 1.82) is 0 Å². The van der Waals surface area contributed by atoms with E-state index in [9.17, 15) is 0 Å². The lowest BCUT2D eigenvalue weighted by Crippen LogP contribution is -2.20. The first-order valence-corrected chi connectivity index (χ1v) is 7.85. The zero-order valence-corrected chi connectivity index (χ0v) is 9.29. The van der Waals surface area contributed by atoms with E-state index in [1.165, 1.54) is 0 Å². The second-order valence-corrected chi connectivity index (χ2v) is 10.0. The molecule has 0 rings (SSSR count). The van der Waals surface area contributed by atoms with Crippen molar-refractivity contribution in [2.45, 2.75) is 32.1 Å². The van der Waals surface area contributed by atoms with Crippen LogP contribution in [0.4, 0.5) is 0 Å². The first-order chi connectivity index (χ1) is 4.83. The van der Waals surface area contributed by atoms with Crippen LogP contribution in [0.1, 0.15) is 6.42 Å². The molecule has 0 aliphatic heterocycles. The molecule has 0 saturated carbocycles. The van der Waals surface area contributed by atoms with Gasteiger partial charge in [0.25, 0.3) is 0 Å². The Bertz CT molecular complexity index is 169. The average molecular weight is 188 g/mol. The Hall–Kier alpha value is -0.153. The summed E-state index contributed by atoms with van der Waals surface area (Å²) in [5.41, 5.74) is 0. The van der Waals surface area contributed by atoms with Crippen molar-refractivity contribution in [3.05, 3.63) is 12.3 Å². The first kappa shape index (κ1) is 10.8. The van der Waals surface area contributed by atoms with Crippen LogP contribution < -0.4 is 0 Å². The molecule has 64 valence electrons. The third kappa shape index (κ3) is 6.25.